The highest BCUT2D eigenvalue weighted by atomic mass is 32.1. The minimum atomic E-state index is 0.00154. The number of carbonyl (C=O) groups is 1. The number of nitrogens with one attached hydrogen (secondary N) is 2. The lowest BCUT2D eigenvalue weighted by Gasteiger charge is -2.09. The Bertz CT molecular complexity index is 392. The van der Waals surface area contributed by atoms with E-state index in [1.54, 1.807) is 0 Å². The average Bonchev–Trinajstić information content (AvgIpc) is 2.42. The largest absolute Gasteiger partial charge is 0.358 e. The third kappa shape index (κ3) is 7.57. The second kappa shape index (κ2) is 9.50. The van der Waals surface area contributed by atoms with E-state index < -0.39 is 0 Å². The molecule has 1 aromatic carbocycles. The van der Waals surface area contributed by atoms with Gasteiger partial charge in [0.2, 0.25) is 5.91 Å². The monoisotopic (exact) mass is 278 g/mol. The minimum Gasteiger partial charge on any atom is -0.358 e. The number of benzene rings is 1. The van der Waals surface area contributed by atoms with E-state index in [9.17, 15) is 4.79 Å². The summed E-state index contributed by atoms with van der Waals surface area (Å²) in [5.41, 5.74) is 1.14. The first-order chi connectivity index (χ1) is 9.22. The Morgan fingerprint density at radius 3 is 2.58 bits per heavy atom. The number of rotatable bonds is 7. The summed E-state index contributed by atoms with van der Waals surface area (Å²) >= 11 is 5.09. The maximum absolute atomic E-state index is 11.6. The van der Waals surface area contributed by atoms with Crippen molar-refractivity contribution in [2.24, 2.45) is 0 Å². The van der Waals surface area contributed by atoms with Crippen LogP contribution in [-0.2, 0) is 11.3 Å². The predicted molar refractivity (Wildman–Crippen MR) is 82.8 cm³/mol. The van der Waals surface area contributed by atoms with Crippen molar-refractivity contribution in [2.45, 2.75) is 45.6 Å². The molecule has 104 valence electrons. The lowest BCUT2D eigenvalue weighted by atomic mass is 10.1. The molecule has 0 fully saturated rings. The van der Waals surface area contributed by atoms with E-state index in [1.165, 1.54) is 12.8 Å². The fraction of sp³-hybridized carbons (Fsp3) is 0.467. The van der Waals surface area contributed by atoms with Gasteiger partial charge >= 0.3 is 0 Å². The van der Waals surface area contributed by atoms with Crippen LogP contribution in [0, 0.1) is 0 Å². The number of unbranched alkanes of at least 4 members (excludes halogenated alkanes) is 3. The van der Waals surface area contributed by atoms with Crippen molar-refractivity contribution < 1.29 is 4.79 Å². The van der Waals surface area contributed by atoms with Crippen LogP contribution in [0.4, 0.5) is 0 Å². The fourth-order valence-electron chi connectivity index (χ4n) is 1.72. The Labute approximate surface area is 120 Å². The van der Waals surface area contributed by atoms with Gasteiger partial charge in [0.05, 0.1) is 0 Å². The SMILES string of the molecule is CCCCCCC(=O)NC(=S)NCc1ccccc1. The van der Waals surface area contributed by atoms with Crippen LogP contribution >= 0.6 is 12.2 Å². The molecule has 19 heavy (non-hydrogen) atoms. The molecule has 1 amide bonds. The highest BCUT2D eigenvalue weighted by Gasteiger charge is 2.03. The van der Waals surface area contributed by atoms with Crippen molar-refractivity contribution in [1.82, 2.24) is 10.6 Å². The summed E-state index contributed by atoms with van der Waals surface area (Å²) in [7, 11) is 0. The van der Waals surface area contributed by atoms with Crippen LogP contribution in [-0.4, -0.2) is 11.0 Å². The number of hydrogen-bond donors (Lipinski definition) is 2. The zero-order chi connectivity index (χ0) is 13.9. The van der Waals surface area contributed by atoms with Gasteiger partial charge in [0.1, 0.15) is 0 Å². The van der Waals surface area contributed by atoms with Crippen molar-refractivity contribution in [2.75, 3.05) is 0 Å². The number of amides is 1. The molecule has 0 aliphatic heterocycles. The molecule has 0 bridgehead atoms. The second-order valence-electron chi connectivity index (χ2n) is 4.53. The fourth-order valence-corrected chi connectivity index (χ4v) is 1.91. The minimum absolute atomic E-state index is 0.00154. The summed E-state index contributed by atoms with van der Waals surface area (Å²) < 4.78 is 0. The van der Waals surface area contributed by atoms with E-state index >= 15 is 0 Å². The van der Waals surface area contributed by atoms with E-state index in [0.717, 1.165) is 18.4 Å². The van der Waals surface area contributed by atoms with E-state index in [1.807, 2.05) is 30.3 Å². The van der Waals surface area contributed by atoms with Crippen LogP contribution in [0.15, 0.2) is 30.3 Å². The maximum atomic E-state index is 11.6. The molecule has 2 N–H and O–H groups in total. The molecule has 0 saturated heterocycles. The summed E-state index contributed by atoms with van der Waals surface area (Å²) in [6.07, 6.45) is 4.95. The van der Waals surface area contributed by atoms with E-state index in [4.69, 9.17) is 12.2 Å². The van der Waals surface area contributed by atoms with Crippen molar-refractivity contribution in [3.05, 3.63) is 35.9 Å². The molecule has 1 aromatic rings. The third-order valence-electron chi connectivity index (χ3n) is 2.81. The van der Waals surface area contributed by atoms with Gasteiger partial charge < -0.3 is 10.6 Å². The summed E-state index contributed by atoms with van der Waals surface area (Å²) in [6.45, 7) is 2.79. The van der Waals surface area contributed by atoms with Crippen molar-refractivity contribution in [1.29, 1.82) is 0 Å². The molecule has 0 aromatic heterocycles. The Morgan fingerprint density at radius 1 is 1.16 bits per heavy atom. The number of thiocarbonyl (C=S) groups is 1. The van der Waals surface area contributed by atoms with Crippen LogP contribution in [0.3, 0.4) is 0 Å². The molecule has 1 rings (SSSR count). The Balaban J connectivity index is 2.15. The standard InChI is InChI=1S/C15H22N2OS/c1-2-3-4-8-11-14(18)17-15(19)16-12-13-9-6-5-7-10-13/h5-7,9-10H,2-4,8,11-12H2,1H3,(H2,16,17,18,19). The first-order valence-electron chi connectivity index (χ1n) is 6.84. The lowest BCUT2D eigenvalue weighted by Crippen LogP contribution is -2.38. The van der Waals surface area contributed by atoms with Crippen LogP contribution in [0.25, 0.3) is 0 Å². The normalized spacial score (nSPS) is 9.95. The van der Waals surface area contributed by atoms with Gasteiger partial charge in [-0.2, -0.15) is 0 Å². The smallest absolute Gasteiger partial charge is 0.226 e. The number of carbonyl (C=O) groups excluding carboxylic acids is 1. The Hall–Kier alpha value is -1.42. The van der Waals surface area contributed by atoms with Gasteiger partial charge in [0.25, 0.3) is 0 Å². The van der Waals surface area contributed by atoms with Crippen LogP contribution < -0.4 is 10.6 Å². The first kappa shape index (κ1) is 15.6. The second-order valence-corrected chi connectivity index (χ2v) is 4.94. The van der Waals surface area contributed by atoms with E-state index in [-0.39, 0.29) is 5.91 Å². The summed E-state index contributed by atoms with van der Waals surface area (Å²) in [5.74, 6) is 0.00154. The van der Waals surface area contributed by atoms with E-state index in [2.05, 4.69) is 17.6 Å². The van der Waals surface area contributed by atoms with E-state index in [0.29, 0.717) is 18.1 Å². The highest BCUT2D eigenvalue weighted by Crippen LogP contribution is 2.02. The summed E-state index contributed by atoms with van der Waals surface area (Å²) in [4.78, 5) is 11.6. The van der Waals surface area contributed by atoms with Gasteiger partial charge in [-0.3, -0.25) is 4.79 Å². The zero-order valence-corrected chi connectivity index (χ0v) is 12.3. The molecule has 0 heterocycles. The van der Waals surface area contributed by atoms with Crippen LogP contribution in [0.5, 0.6) is 0 Å². The third-order valence-corrected chi connectivity index (χ3v) is 3.05. The molecule has 0 saturated carbocycles. The molecule has 0 radical (unpaired) electrons. The maximum Gasteiger partial charge on any atom is 0.226 e. The molecule has 0 aliphatic carbocycles. The Morgan fingerprint density at radius 2 is 1.89 bits per heavy atom. The molecule has 4 heteroatoms. The predicted octanol–water partition coefficient (Wildman–Crippen LogP) is 3.15. The first-order valence-corrected chi connectivity index (χ1v) is 7.24. The zero-order valence-electron chi connectivity index (χ0n) is 11.4. The quantitative estimate of drug-likeness (QED) is 0.594. The van der Waals surface area contributed by atoms with Crippen LogP contribution in [0.1, 0.15) is 44.6 Å². The molecule has 3 nitrogen and oxygen atoms in total. The van der Waals surface area contributed by atoms with Crippen molar-refractivity contribution in [3.63, 3.8) is 0 Å². The van der Waals surface area contributed by atoms with Gasteiger partial charge in [-0.15, -0.1) is 0 Å². The number of hydrogen-bond acceptors (Lipinski definition) is 2. The van der Waals surface area contributed by atoms with Crippen LogP contribution in [0.2, 0.25) is 0 Å². The summed E-state index contributed by atoms with van der Waals surface area (Å²) in [6, 6.07) is 9.96. The summed E-state index contributed by atoms with van der Waals surface area (Å²) in [5, 5.41) is 6.15. The van der Waals surface area contributed by atoms with Gasteiger partial charge in [0.15, 0.2) is 5.11 Å². The molecular formula is C15H22N2OS. The molecule has 0 unspecified atom stereocenters. The van der Waals surface area contributed by atoms with Gasteiger partial charge in [0, 0.05) is 13.0 Å². The van der Waals surface area contributed by atoms with Gasteiger partial charge in [-0.05, 0) is 24.2 Å². The Kier molecular flexibility index (Phi) is 7.82. The van der Waals surface area contributed by atoms with Gasteiger partial charge in [-0.1, -0.05) is 56.5 Å². The topological polar surface area (TPSA) is 41.1 Å². The molecule has 0 atom stereocenters. The lowest BCUT2D eigenvalue weighted by molar-refractivity contribution is -0.119. The average molecular weight is 278 g/mol. The van der Waals surface area contributed by atoms with Crippen molar-refractivity contribution >= 4 is 23.2 Å². The highest BCUT2D eigenvalue weighted by molar-refractivity contribution is 7.80. The van der Waals surface area contributed by atoms with Crippen molar-refractivity contribution in [3.8, 4) is 0 Å². The van der Waals surface area contributed by atoms with Gasteiger partial charge in [-0.25, -0.2) is 0 Å². The molecule has 0 spiro atoms. The molecule has 0 aliphatic rings. The molecular weight excluding hydrogens is 256 g/mol.